The van der Waals surface area contributed by atoms with Crippen LogP contribution in [0.3, 0.4) is 0 Å². The van der Waals surface area contributed by atoms with Gasteiger partial charge in [0.25, 0.3) is 0 Å². The lowest BCUT2D eigenvalue weighted by Crippen LogP contribution is -2.39. The standard InChI is InChI=1S/C6H15NO3/c1-5(9-3)7(8)6(2)10-4/h5-6,8H,1-4H3. The Balaban J connectivity index is 3.69. The first kappa shape index (κ1) is 9.84. The molecule has 0 saturated carbocycles. The van der Waals surface area contributed by atoms with Crippen LogP contribution in [0.5, 0.6) is 0 Å². The number of hydroxylamine groups is 2. The average Bonchev–Trinajstić information content (AvgIpc) is 2.00. The van der Waals surface area contributed by atoms with E-state index < -0.39 is 0 Å². The van der Waals surface area contributed by atoms with Gasteiger partial charge >= 0.3 is 0 Å². The van der Waals surface area contributed by atoms with E-state index >= 15 is 0 Å². The van der Waals surface area contributed by atoms with Crippen LogP contribution in [0.1, 0.15) is 13.8 Å². The fraction of sp³-hybridized carbons (Fsp3) is 1.00. The van der Waals surface area contributed by atoms with Gasteiger partial charge in [-0.2, -0.15) is 0 Å². The maximum Gasteiger partial charge on any atom is 0.132 e. The summed E-state index contributed by atoms with van der Waals surface area (Å²) in [5.74, 6) is 0. The topological polar surface area (TPSA) is 41.9 Å². The lowest BCUT2D eigenvalue weighted by atomic mass is 10.5. The molecule has 0 aliphatic heterocycles. The number of methoxy groups -OCH3 is 2. The molecule has 0 amide bonds. The SMILES string of the molecule is COC(C)N(O)C(C)OC. The van der Waals surface area contributed by atoms with E-state index in [1.807, 2.05) is 0 Å². The van der Waals surface area contributed by atoms with Crippen molar-refractivity contribution in [1.29, 1.82) is 0 Å². The van der Waals surface area contributed by atoms with Crippen molar-refractivity contribution in [1.82, 2.24) is 5.06 Å². The van der Waals surface area contributed by atoms with Crippen molar-refractivity contribution < 1.29 is 14.7 Å². The van der Waals surface area contributed by atoms with Crippen LogP contribution in [0.15, 0.2) is 0 Å². The molecule has 0 aromatic rings. The van der Waals surface area contributed by atoms with Crippen molar-refractivity contribution in [2.24, 2.45) is 0 Å². The lowest BCUT2D eigenvalue weighted by molar-refractivity contribution is -0.271. The summed E-state index contributed by atoms with van der Waals surface area (Å²) in [6, 6.07) is 0. The van der Waals surface area contributed by atoms with Crippen LogP contribution in [-0.4, -0.2) is 36.9 Å². The molecule has 0 heterocycles. The molecule has 0 saturated heterocycles. The number of ether oxygens (including phenoxy) is 2. The van der Waals surface area contributed by atoms with Gasteiger partial charge in [-0.05, 0) is 13.8 Å². The van der Waals surface area contributed by atoms with Gasteiger partial charge in [0, 0.05) is 14.2 Å². The Morgan fingerprint density at radius 1 is 1.10 bits per heavy atom. The predicted molar refractivity (Wildman–Crippen MR) is 36.6 cm³/mol. The first-order valence-corrected chi connectivity index (χ1v) is 3.16. The van der Waals surface area contributed by atoms with Crippen LogP contribution < -0.4 is 0 Å². The predicted octanol–water partition coefficient (Wildman–Crippen LogP) is 0.662. The second-order valence-electron chi connectivity index (χ2n) is 2.05. The van der Waals surface area contributed by atoms with Crippen LogP contribution in [0, 0.1) is 0 Å². The van der Waals surface area contributed by atoms with Crippen molar-refractivity contribution in [3.63, 3.8) is 0 Å². The molecule has 0 radical (unpaired) electrons. The number of nitrogens with zero attached hydrogens (tertiary/aromatic N) is 1. The molecule has 62 valence electrons. The van der Waals surface area contributed by atoms with Crippen LogP contribution in [0.4, 0.5) is 0 Å². The van der Waals surface area contributed by atoms with Crippen molar-refractivity contribution in [3.05, 3.63) is 0 Å². The molecule has 0 aliphatic carbocycles. The summed E-state index contributed by atoms with van der Waals surface area (Å²) in [4.78, 5) is 0. The zero-order valence-corrected chi connectivity index (χ0v) is 6.87. The molecule has 2 atom stereocenters. The zero-order chi connectivity index (χ0) is 8.15. The molecule has 0 aromatic carbocycles. The highest BCUT2D eigenvalue weighted by atomic mass is 16.6. The first-order chi connectivity index (χ1) is 4.63. The third-order valence-corrected chi connectivity index (χ3v) is 1.43. The average molecular weight is 149 g/mol. The maximum atomic E-state index is 9.17. The van der Waals surface area contributed by atoms with Crippen molar-refractivity contribution in [2.75, 3.05) is 14.2 Å². The molecule has 2 unspecified atom stereocenters. The van der Waals surface area contributed by atoms with E-state index in [9.17, 15) is 0 Å². The summed E-state index contributed by atoms with van der Waals surface area (Å²) in [5.41, 5.74) is 0. The zero-order valence-electron chi connectivity index (χ0n) is 6.87. The Bertz CT molecular complexity index is 79.1. The van der Waals surface area contributed by atoms with Gasteiger partial charge in [0.2, 0.25) is 0 Å². The Kier molecular flexibility index (Phi) is 4.55. The fourth-order valence-corrected chi connectivity index (χ4v) is 0.512. The lowest BCUT2D eigenvalue weighted by Gasteiger charge is -2.25. The third-order valence-electron chi connectivity index (χ3n) is 1.43. The van der Waals surface area contributed by atoms with Gasteiger partial charge in [-0.25, -0.2) is 0 Å². The Labute approximate surface area is 61.3 Å². The van der Waals surface area contributed by atoms with Crippen LogP contribution in [-0.2, 0) is 9.47 Å². The molecule has 1 N–H and O–H groups in total. The molecule has 0 spiro atoms. The van der Waals surface area contributed by atoms with Gasteiger partial charge in [-0.15, -0.1) is 5.06 Å². The molecule has 0 aromatic heterocycles. The van der Waals surface area contributed by atoms with E-state index in [1.54, 1.807) is 13.8 Å². The van der Waals surface area contributed by atoms with Gasteiger partial charge in [-0.1, -0.05) is 0 Å². The Hall–Kier alpha value is -0.160. The van der Waals surface area contributed by atoms with E-state index in [1.165, 1.54) is 14.2 Å². The molecule has 10 heavy (non-hydrogen) atoms. The van der Waals surface area contributed by atoms with E-state index in [-0.39, 0.29) is 12.5 Å². The van der Waals surface area contributed by atoms with Gasteiger partial charge in [0.15, 0.2) is 0 Å². The van der Waals surface area contributed by atoms with E-state index in [0.29, 0.717) is 0 Å². The van der Waals surface area contributed by atoms with E-state index in [4.69, 9.17) is 14.7 Å². The van der Waals surface area contributed by atoms with Gasteiger partial charge in [-0.3, -0.25) is 0 Å². The third kappa shape index (κ3) is 2.62. The minimum absolute atomic E-state index is 0.338. The highest BCUT2D eigenvalue weighted by Gasteiger charge is 2.15. The summed E-state index contributed by atoms with van der Waals surface area (Å²) in [7, 11) is 3.05. The maximum absolute atomic E-state index is 9.17. The largest absolute Gasteiger partial charge is 0.364 e. The smallest absolute Gasteiger partial charge is 0.132 e. The number of hydrogen-bond acceptors (Lipinski definition) is 4. The highest BCUT2D eigenvalue weighted by molar-refractivity contribution is 4.46. The van der Waals surface area contributed by atoms with Crippen LogP contribution in [0.2, 0.25) is 0 Å². The van der Waals surface area contributed by atoms with E-state index in [0.717, 1.165) is 5.06 Å². The van der Waals surface area contributed by atoms with Gasteiger partial charge in [0.1, 0.15) is 12.5 Å². The minimum Gasteiger partial charge on any atom is -0.364 e. The minimum atomic E-state index is -0.338. The normalized spacial score (nSPS) is 17.4. The quantitative estimate of drug-likeness (QED) is 0.471. The summed E-state index contributed by atoms with van der Waals surface area (Å²) >= 11 is 0. The molecule has 0 rings (SSSR count). The van der Waals surface area contributed by atoms with Gasteiger partial charge in [0.05, 0.1) is 0 Å². The summed E-state index contributed by atoms with van der Waals surface area (Å²) in [6.45, 7) is 3.46. The molecular weight excluding hydrogens is 134 g/mol. The Morgan fingerprint density at radius 3 is 1.60 bits per heavy atom. The van der Waals surface area contributed by atoms with Crippen LogP contribution in [0.25, 0.3) is 0 Å². The first-order valence-electron chi connectivity index (χ1n) is 3.16. The summed E-state index contributed by atoms with van der Waals surface area (Å²) in [6.07, 6.45) is -0.676. The van der Waals surface area contributed by atoms with Crippen LogP contribution >= 0.6 is 0 Å². The molecular formula is C6H15NO3. The summed E-state index contributed by atoms with van der Waals surface area (Å²) in [5, 5.41) is 10.2. The molecule has 4 heteroatoms. The fourth-order valence-electron chi connectivity index (χ4n) is 0.512. The second kappa shape index (κ2) is 4.62. The van der Waals surface area contributed by atoms with Crippen molar-refractivity contribution in [2.45, 2.75) is 26.3 Å². The molecule has 0 fully saturated rings. The van der Waals surface area contributed by atoms with Gasteiger partial charge < -0.3 is 14.7 Å². The Morgan fingerprint density at radius 2 is 1.40 bits per heavy atom. The van der Waals surface area contributed by atoms with Crippen molar-refractivity contribution in [3.8, 4) is 0 Å². The van der Waals surface area contributed by atoms with E-state index in [2.05, 4.69) is 0 Å². The highest BCUT2D eigenvalue weighted by Crippen LogP contribution is 2.01. The van der Waals surface area contributed by atoms with Crippen molar-refractivity contribution >= 4 is 0 Å². The monoisotopic (exact) mass is 149 g/mol. The molecule has 0 aliphatic rings. The number of rotatable bonds is 4. The molecule has 4 nitrogen and oxygen atoms in total. The summed E-state index contributed by atoms with van der Waals surface area (Å²) < 4.78 is 9.66. The second-order valence-corrected chi connectivity index (χ2v) is 2.05. The number of hydrogen-bond donors (Lipinski definition) is 1. The molecule has 0 bridgehead atoms.